The van der Waals surface area contributed by atoms with Crippen molar-refractivity contribution >= 4 is 17.2 Å². The maximum atomic E-state index is 12.2. The minimum Gasteiger partial charge on any atom is -0.354 e. The van der Waals surface area contributed by atoms with Crippen molar-refractivity contribution in [3.8, 4) is 0 Å². The molecule has 2 aliphatic rings. The highest BCUT2D eigenvalue weighted by Gasteiger charge is 2.34. The minimum atomic E-state index is 0.0395. The fourth-order valence-electron chi connectivity index (χ4n) is 3.59. The normalized spacial score (nSPS) is 29.7. The summed E-state index contributed by atoms with van der Waals surface area (Å²) in [4.78, 5) is 13.6. The van der Waals surface area contributed by atoms with E-state index in [-0.39, 0.29) is 11.9 Å². The van der Waals surface area contributed by atoms with E-state index in [4.69, 9.17) is 0 Å². The summed E-state index contributed by atoms with van der Waals surface area (Å²) in [6.07, 6.45) is 8.48. The molecule has 1 aromatic rings. The molecule has 1 aliphatic carbocycles. The Balaban J connectivity index is 1.43. The topological polar surface area (TPSA) is 41.1 Å². The number of rotatable bonds is 4. The van der Waals surface area contributed by atoms with Crippen LogP contribution in [0.15, 0.2) is 17.5 Å². The Morgan fingerprint density at radius 1 is 1.30 bits per heavy atom. The van der Waals surface area contributed by atoms with E-state index in [2.05, 4.69) is 28.1 Å². The van der Waals surface area contributed by atoms with Gasteiger partial charge >= 0.3 is 0 Å². The molecule has 110 valence electrons. The summed E-state index contributed by atoms with van der Waals surface area (Å²) in [5, 5.41) is 8.77. The van der Waals surface area contributed by atoms with Crippen molar-refractivity contribution in [2.75, 3.05) is 6.54 Å². The molecule has 1 aliphatic heterocycles. The van der Waals surface area contributed by atoms with Crippen LogP contribution in [0.3, 0.4) is 0 Å². The molecule has 3 rings (SSSR count). The highest BCUT2D eigenvalue weighted by molar-refractivity contribution is 7.09. The van der Waals surface area contributed by atoms with E-state index in [1.165, 1.54) is 37.0 Å². The standard InChI is InChI=1S/C16H24N2OS/c19-16(17-10-9-13-5-3-11-20-13)15-8-7-12-4-1-2-6-14(12)18-15/h3,5,11-12,14-15,18H,1-2,4,6-10H2,(H,17,19). The van der Waals surface area contributed by atoms with Crippen LogP contribution < -0.4 is 10.6 Å². The van der Waals surface area contributed by atoms with Crippen molar-refractivity contribution in [3.05, 3.63) is 22.4 Å². The lowest BCUT2D eigenvalue weighted by atomic mass is 9.77. The van der Waals surface area contributed by atoms with E-state index >= 15 is 0 Å². The number of nitrogens with one attached hydrogen (secondary N) is 2. The highest BCUT2D eigenvalue weighted by Crippen LogP contribution is 2.32. The second-order valence-electron chi connectivity index (χ2n) is 6.07. The monoisotopic (exact) mass is 292 g/mol. The largest absolute Gasteiger partial charge is 0.354 e. The quantitative estimate of drug-likeness (QED) is 0.896. The Kier molecular flexibility index (Phi) is 4.73. The van der Waals surface area contributed by atoms with Crippen molar-refractivity contribution in [2.24, 2.45) is 5.92 Å². The molecule has 2 N–H and O–H groups in total. The summed E-state index contributed by atoms with van der Waals surface area (Å²) in [5.41, 5.74) is 0. The van der Waals surface area contributed by atoms with Crippen molar-refractivity contribution in [1.29, 1.82) is 0 Å². The summed E-state index contributed by atoms with van der Waals surface area (Å²) in [6.45, 7) is 0.756. The van der Waals surface area contributed by atoms with E-state index < -0.39 is 0 Å². The molecule has 2 heterocycles. The van der Waals surface area contributed by atoms with Gasteiger partial charge in [-0.1, -0.05) is 18.9 Å². The Bertz CT molecular complexity index is 432. The van der Waals surface area contributed by atoms with E-state index in [0.29, 0.717) is 6.04 Å². The Morgan fingerprint density at radius 2 is 2.20 bits per heavy atom. The molecule has 1 saturated heterocycles. The summed E-state index contributed by atoms with van der Waals surface area (Å²) in [7, 11) is 0. The van der Waals surface area contributed by atoms with Crippen LogP contribution >= 0.6 is 11.3 Å². The first-order valence-electron chi connectivity index (χ1n) is 7.89. The first-order chi connectivity index (χ1) is 9.83. The zero-order valence-corrected chi connectivity index (χ0v) is 12.8. The molecule has 20 heavy (non-hydrogen) atoms. The third-order valence-electron chi connectivity index (χ3n) is 4.72. The third-order valence-corrected chi connectivity index (χ3v) is 5.65. The molecule has 1 aromatic heterocycles. The second-order valence-corrected chi connectivity index (χ2v) is 7.10. The zero-order chi connectivity index (χ0) is 13.8. The minimum absolute atomic E-state index is 0.0395. The number of hydrogen-bond acceptors (Lipinski definition) is 3. The Hall–Kier alpha value is -0.870. The molecular formula is C16H24N2OS. The molecule has 1 amide bonds. The average Bonchev–Trinajstić information content (AvgIpc) is 3.00. The summed E-state index contributed by atoms with van der Waals surface area (Å²) in [5.74, 6) is 1.02. The number of carbonyl (C=O) groups is 1. The van der Waals surface area contributed by atoms with Crippen LogP contribution in [0.25, 0.3) is 0 Å². The summed E-state index contributed by atoms with van der Waals surface area (Å²) < 4.78 is 0. The number of thiophene rings is 1. The van der Waals surface area contributed by atoms with Crippen LogP contribution in [-0.2, 0) is 11.2 Å². The maximum absolute atomic E-state index is 12.2. The molecule has 0 aromatic carbocycles. The number of piperidine rings is 1. The van der Waals surface area contributed by atoms with Gasteiger partial charge in [0.15, 0.2) is 0 Å². The Labute approximate surface area is 125 Å². The molecule has 3 unspecified atom stereocenters. The van der Waals surface area contributed by atoms with Crippen LogP contribution in [0, 0.1) is 5.92 Å². The molecular weight excluding hydrogens is 268 g/mol. The van der Waals surface area contributed by atoms with E-state index in [1.807, 2.05) is 0 Å². The van der Waals surface area contributed by atoms with Crippen LogP contribution in [0.2, 0.25) is 0 Å². The summed E-state index contributed by atoms with van der Waals surface area (Å²) in [6, 6.07) is 4.82. The number of carbonyl (C=O) groups excluding carboxylic acids is 1. The van der Waals surface area contributed by atoms with Gasteiger partial charge in [0.2, 0.25) is 5.91 Å². The van der Waals surface area contributed by atoms with Crippen molar-refractivity contribution in [1.82, 2.24) is 10.6 Å². The van der Waals surface area contributed by atoms with Crippen molar-refractivity contribution < 1.29 is 4.79 Å². The van der Waals surface area contributed by atoms with Crippen LogP contribution in [0.4, 0.5) is 0 Å². The lowest BCUT2D eigenvalue weighted by Gasteiger charge is -2.39. The fourth-order valence-corrected chi connectivity index (χ4v) is 4.30. The molecule has 1 saturated carbocycles. The molecule has 3 nitrogen and oxygen atoms in total. The van der Waals surface area contributed by atoms with E-state index in [1.54, 1.807) is 11.3 Å². The van der Waals surface area contributed by atoms with E-state index in [0.717, 1.165) is 25.3 Å². The lowest BCUT2D eigenvalue weighted by Crippen LogP contribution is -2.55. The van der Waals surface area contributed by atoms with Crippen LogP contribution in [0.5, 0.6) is 0 Å². The van der Waals surface area contributed by atoms with Gasteiger partial charge in [-0.15, -0.1) is 11.3 Å². The van der Waals surface area contributed by atoms with Gasteiger partial charge in [0.25, 0.3) is 0 Å². The van der Waals surface area contributed by atoms with Gasteiger partial charge in [-0.25, -0.2) is 0 Å². The molecule has 2 fully saturated rings. The predicted molar refractivity (Wildman–Crippen MR) is 82.9 cm³/mol. The molecule has 0 bridgehead atoms. The van der Waals surface area contributed by atoms with Crippen molar-refractivity contribution in [2.45, 2.75) is 57.0 Å². The lowest BCUT2D eigenvalue weighted by molar-refractivity contribution is -0.124. The van der Waals surface area contributed by atoms with Gasteiger partial charge in [-0.2, -0.15) is 0 Å². The SMILES string of the molecule is O=C(NCCc1cccs1)C1CCC2CCCCC2N1. The number of fused-ring (bicyclic) bond motifs is 1. The third kappa shape index (κ3) is 3.41. The molecule has 3 atom stereocenters. The van der Waals surface area contributed by atoms with Gasteiger partial charge in [0.05, 0.1) is 6.04 Å². The predicted octanol–water partition coefficient (Wildman–Crippen LogP) is 2.72. The zero-order valence-electron chi connectivity index (χ0n) is 11.9. The fraction of sp³-hybridized carbons (Fsp3) is 0.688. The van der Waals surface area contributed by atoms with Gasteiger partial charge in [-0.05, 0) is 49.5 Å². The van der Waals surface area contributed by atoms with Gasteiger partial charge in [0.1, 0.15) is 0 Å². The first-order valence-corrected chi connectivity index (χ1v) is 8.77. The van der Waals surface area contributed by atoms with Gasteiger partial charge in [0, 0.05) is 17.5 Å². The molecule has 0 spiro atoms. The Morgan fingerprint density at radius 3 is 3.05 bits per heavy atom. The second kappa shape index (κ2) is 6.72. The van der Waals surface area contributed by atoms with Gasteiger partial charge in [-0.3, -0.25) is 4.79 Å². The maximum Gasteiger partial charge on any atom is 0.237 e. The number of hydrogen-bond donors (Lipinski definition) is 2. The van der Waals surface area contributed by atoms with Crippen molar-refractivity contribution in [3.63, 3.8) is 0 Å². The smallest absolute Gasteiger partial charge is 0.237 e. The highest BCUT2D eigenvalue weighted by atomic mass is 32.1. The number of amides is 1. The van der Waals surface area contributed by atoms with Crippen LogP contribution in [-0.4, -0.2) is 24.5 Å². The van der Waals surface area contributed by atoms with E-state index in [9.17, 15) is 4.79 Å². The van der Waals surface area contributed by atoms with Gasteiger partial charge < -0.3 is 10.6 Å². The average molecular weight is 292 g/mol. The van der Waals surface area contributed by atoms with Crippen LogP contribution in [0.1, 0.15) is 43.4 Å². The first kappa shape index (κ1) is 14.1. The summed E-state index contributed by atoms with van der Waals surface area (Å²) >= 11 is 1.76. The molecule has 4 heteroatoms. The molecule has 0 radical (unpaired) electrons.